The normalized spacial score (nSPS) is 10.5. The summed E-state index contributed by atoms with van der Waals surface area (Å²) in [6, 6.07) is 8.00. The zero-order chi connectivity index (χ0) is 16.1. The smallest absolute Gasteiger partial charge is 0.344 e. The third-order valence-electron chi connectivity index (χ3n) is 3.48. The molecule has 0 spiro atoms. The number of aryl methyl sites for hydroxylation is 2. The maximum atomic E-state index is 12.4. The van der Waals surface area contributed by atoms with E-state index in [4.69, 9.17) is 4.74 Å². The van der Waals surface area contributed by atoms with Crippen molar-refractivity contribution >= 4 is 5.97 Å². The van der Waals surface area contributed by atoms with Crippen LogP contribution < -0.4 is 5.56 Å². The monoisotopic (exact) mass is 300 g/mol. The molecule has 0 saturated carbocycles. The van der Waals surface area contributed by atoms with Crippen LogP contribution in [0.25, 0.3) is 0 Å². The van der Waals surface area contributed by atoms with Crippen molar-refractivity contribution in [2.24, 2.45) is 0 Å². The largest absolute Gasteiger partial charge is 0.462 e. The highest BCUT2D eigenvalue weighted by Gasteiger charge is 2.17. The molecule has 22 heavy (non-hydrogen) atoms. The Morgan fingerprint density at radius 1 is 1.18 bits per heavy atom. The standard InChI is InChI=1S/C17H20N2O3/c1-4-13-6-8-14(9-7-13)11-19-16(20)15(12(3)10-18-19)17(21)22-5-2/h6-10H,4-5,11H2,1-3H3. The summed E-state index contributed by atoms with van der Waals surface area (Å²) in [6.07, 6.45) is 2.49. The van der Waals surface area contributed by atoms with E-state index in [1.54, 1.807) is 13.8 Å². The first-order valence-corrected chi connectivity index (χ1v) is 7.38. The average Bonchev–Trinajstić information content (AvgIpc) is 2.51. The Hall–Kier alpha value is -2.43. The van der Waals surface area contributed by atoms with E-state index in [0.29, 0.717) is 12.1 Å². The van der Waals surface area contributed by atoms with Crippen LogP contribution in [-0.2, 0) is 17.7 Å². The van der Waals surface area contributed by atoms with E-state index in [0.717, 1.165) is 12.0 Å². The van der Waals surface area contributed by atoms with Crippen molar-refractivity contribution in [3.63, 3.8) is 0 Å². The Balaban J connectivity index is 2.33. The number of hydrogen-bond acceptors (Lipinski definition) is 4. The predicted molar refractivity (Wildman–Crippen MR) is 84.1 cm³/mol. The SMILES string of the molecule is CCOC(=O)c1c(C)cnn(Cc2ccc(CC)cc2)c1=O. The molecule has 0 aliphatic rings. The summed E-state index contributed by atoms with van der Waals surface area (Å²) < 4.78 is 6.24. The van der Waals surface area contributed by atoms with Crippen LogP contribution in [0, 0.1) is 6.92 Å². The zero-order valence-electron chi connectivity index (χ0n) is 13.1. The molecule has 0 saturated heterocycles. The lowest BCUT2D eigenvalue weighted by Gasteiger charge is -2.09. The maximum absolute atomic E-state index is 12.4. The van der Waals surface area contributed by atoms with Gasteiger partial charge in [-0.25, -0.2) is 9.48 Å². The summed E-state index contributed by atoms with van der Waals surface area (Å²) in [7, 11) is 0. The van der Waals surface area contributed by atoms with Gasteiger partial charge in [0.25, 0.3) is 5.56 Å². The van der Waals surface area contributed by atoms with E-state index in [1.807, 2.05) is 24.3 Å². The third kappa shape index (κ3) is 3.42. The molecule has 1 heterocycles. The van der Waals surface area contributed by atoms with Crippen molar-refractivity contribution in [3.05, 3.63) is 63.1 Å². The van der Waals surface area contributed by atoms with E-state index in [2.05, 4.69) is 12.0 Å². The maximum Gasteiger partial charge on any atom is 0.344 e. The molecule has 2 aromatic rings. The van der Waals surface area contributed by atoms with Gasteiger partial charge in [-0.05, 0) is 37.0 Å². The lowest BCUT2D eigenvalue weighted by atomic mass is 10.1. The molecule has 5 heteroatoms. The summed E-state index contributed by atoms with van der Waals surface area (Å²) in [5.41, 5.74) is 2.37. The first kappa shape index (κ1) is 15.9. The summed E-state index contributed by atoms with van der Waals surface area (Å²) in [5.74, 6) is -0.595. The fourth-order valence-electron chi connectivity index (χ4n) is 2.19. The second-order valence-electron chi connectivity index (χ2n) is 5.06. The highest BCUT2D eigenvalue weighted by molar-refractivity contribution is 5.90. The van der Waals surface area contributed by atoms with Gasteiger partial charge < -0.3 is 4.74 Å². The Labute approximate surface area is 129 Å². The number of carbonyl (C=O) groups is 1. The van der Waals surface area contributed by atoms with Crippen molar-refractivity contribution in [2.75, 3.05) is 6.61 Å². The van der Waals surface area contributed by atoms with Gasteiger partial charge in [-0.1, -0.05) is 31.2 Å². The fraction of sp³-hybridized carbons (Fsp3) is 0.353. The number of rotatable bonds is 5. The van der Waals surface area contributed by atoms with Crippen molar-refractivity contribution in [1.29, 1.82) is 0 Å². The number of benzene rings is 1. The van der Waals surface area contributed by atoms with Crippen LogP contribution in [0.2, 0.25) is 0 Å². The highest BCUT2D eigenvalue weighted by atomic mass is 16.5. The molecule has 0 aliphatic carbocycles. The number of nitrogens with zero attached hydrogens (tertiary/aromatic N) is 2. The van der Waals surface area contributed by atoms with Gasteiger partial charge in [0.1, 0.15) is 5.56 Å². The van der Waals surface area contributed by atoms with Crippen molar-refractivity contribution in [1.82, 2.24) is 9.78 Å². The molecule has 2 rings (SSSR count). The summed E-state index contributed by atoms with van der Waals surface area (Å²) in [6.45, 7) is 6.05. The van der Waals surface area contributed by atoms with Crippen LogP contribution in [-0.4, -0.2) is 22.4 Å². The fourth-order valence-corrected chi connectivity index (χ4v) is 2.19. The molecular weight excluding hydrogens is 280 g/mol. The van der Waals surface area contributed by atoms with E-state index < -0.39 is 11.5 Å². The molecule has 1 aromatic heterocycles. The van der Waals surface area contributed by atoms with Crippen molar-refractivity contribution in [2.45, 2.75) is 33.7 Å². The number of ether oxygens (including phenoxy) is 1. The van der Waals surface area contributed by atoms with E-state index >= 15 is 0 Å². The minimum Gasteiger partial charge on any atom is -0.462 e. The summed E-state index contributed by atoms with van der Waals surface area (Å²) in [5, 5.41) is 4.12. The van der Waals surface area contributed by atoms with Gasteiger partial charge in [-0.3, -0.25) is 4.79 Å². The summed E-state index contributed by atoms with van der Waals surface area (Å²) in [4.78, 5) is 24.3. The number of hydrogen-bond donors (Lipinski definition) is 0. The first-order chi connectivity index (χ1) is 10.6. The second-order valence-corrected chi connectivity index (χ2v) is 5.06. The van der Waals surface area contributed by atoms with E-state index in [1.165, 1.54) is 16.4 Å². The lowest BCUT2D eigenvalue weighted by Crippen LogP contribution is -2.30. The van der Waals surface area contributed by atoms with Gasteiger partial charge in [0.05, 0.1) is 19.3 Å². The average molecular weight is 300 g/mol. The molecule has 0 unspecified atom stereocenters. The van der Waals surface area contributed by atoms with Gasteiger partial charge >= 0.3 is 5.97 Å². The van der Waals surface area contributed by atoms with Crippen LogP contribution in [0.5, 0.6) is 0 Å². The molecule has 0 bridgehead atoms. The topological polar surface area (TPSA) is 61.2 Å². The first-order valence-electron chi connectivity index (χ1n) is 7.38. The number of aromatic nitrogens is 2. The molecule has 5 nitrogen and oxygen atoms in total. The molecule has 0 amide bonds. The minimum absolute atomic E-state index is 0.0574. The molecular formula is C17H20N2O3. The van der Waals surface area contributed by atoms with E-state index in [9.17, 15) is 9.59 Å². The van der Waals surface area contributed by atoms with Gasteiger partial charge in [-0.15, -0.1) is 0 Å². The molecule has 0 N–H and O–H groups in total. The van der Waals surface area contributed by atoms with Crippen LogP contribution in [0.15, 0.2) is 35.3 Å². The number of esters is 1. The Bertz CT molecular complexity index is 718. The van der Waals surface area contributed by atoms with Gasteiger partial charge in [0, 0.05) is 0 Å². The second kappa shape index (κ2) is 7.02. The third-order valence-corrected chi connectivity index (χ3v) is 3.48. The van der Waals surface area contributed by atoms with Gasteiger partial charge in [0.2, 0.25) is 0 Å². The zero-order valence-corrected chi connectivity index (χ0v) is 13.1. The Morgan fingerprint density at radius 3 is 2.41 bits per heavy atom. The Morgan fingerprint density at radius 2 is 1.82 bits per heavy atom. The van der Waals surface area contributed by atoms with Gasteiger partial charge in [-0.2, -0.15) is 5.10 Å². The summed E-state index contributed by atoms with van der Waals surface area (Å²) >= 11 is 0. The lowest BCUT2D eigenvalue weighted by molar-refractivity contribution is 0.0522. The predicted octanol–water partition coefficient (Wildman–Crippen LogP) is 2.34. The molecule has 0 radical (unpaired) electrons. The van der Waals surface area contributed by atoms with E-state index in [-0.39, 0.29) is 12.2 Å². The van der Waals surface area contributed by atoms with Crippen LogP contribution >= 0.6 is 0 Å². The van der Waals surface area contributed by atoms with Crippen molar-refractivity contribution < 1.29 is 9.53 Å². The molecule has 0 atom stereocenters. The number of carbonyl (C=O) groups excluding carboxylic acids is 1. The quantitative estimate of drug-likeness (QED) is 0.795. The van der Waals surface area contributed by atoms with Crippen LogP contribution in [0.4, 0.5) is 0 Å². The molecule has 0 fully saturated rings. The molecule has 0 aliphatic heterocycles. The Kier molecular flexibility index (Phi) is 5.09. The van der Waals surface area contributed by atoms with Crippen LogP contribution in [0.1, 0.15) is 40.9 Å². The molecule has 116 valence electrons. The van der Waals surface area contributed by atoms with Crippen LogP contribution in [0.3, 0.4) is 0 Å². The van der Waals surface area contributed by atoms with Crippen molar-refractivity contribution in [3.8, 4) is 0 Å². The highest BCUT2D eigenvalue weighted by Crippen LogP contribution is 2.07. The molecule has 1 aromatic carbocycles. The minimum atomic E-state index is -0.595. The van der Waals surface area contributed by atoms with Gasteiger partial charge in [0.15, 0.2) is 0 Å².